The molecule has 1 aliphatic rings. The van der Waals surface area contributed by atoms with Crippen LogP contribution < -0.4 is 10.6 Å². The molecule has 7 nitrogen and oxygen atoms in total. The van der Waals surface area contributed by atoms with Gasteiger partial charge in [0.15, 0.2) is 5.96 Å². The van der Waals surface area contributed by atoms with Gasteiger partial charge < -0.3 is 20.0 Å². The van der Waals surface area contributed by atoms with E-state index in [0.717, 1.165) is 44.3 Å². The zero-order valence-electron chi connectivity index (χ0n) is 19.5. The second-order valence-corrected chi connectivity index (χ2v) is 8.52. The molecule has 8 heteroatoms. The summed E-state index contributed by atoms with van der Waals surface area (Å²) in [6.45, 7) is 7.72. The van der Waals surface area contributed by atoms with Crippen molar-refractivity contribution >= 4 is 35.8 Å². The zero-order valence-corrected chi connectivity index (χ0v) is 21.8. The van der Waals surface area contributed by atoms with Crippen LogP contribution in [0.15, 0.2) is 52.1 Å². The number of aliphatic imine (C=N–C) groups is 1. The number of guanidine groups is 1. The number of nitrogens with zero attached hydrogens (tertiary/aromatic N) is 3. The maximum Gasteiger partial charge on any atom is 0.225 e. The number of nitrogens with one attached hydrogen (secondary N) is 2. The third-order valence-corrected chi connectivity index (χ3v) is 5.57. The van der Waals surface area contributed by atoms with Gasteiger partial charge in [0.25, 0.3) is 0 Å². The summed E-state index contributed by atoms with van der Waals surface area (Å²) >= 11 is 0. The topological polar surface area (TPSA) is 73.1 Å². The predicted molar refractivity (Wildman–Crippen MR) is 139 cm³/mol. The molecule has 1 aliphatic heterocycles. The van der Waals surface area contributed by atoms with Gasteiger partial charge in [0.2, 0.25) is 5.91 Å². The zero-order chi connectivity index (χ0) is 22.2. The maximum atomic E-state index is 12.2. The van der Waals surface area contributed by atoms with Crippen LogP contribution in [0.2, 0.25) is 0 Å². The van der Waals surface area contributed by atoms with Crippen LogP contribution in [0, 0.1) is 5.92 Å². The Balaban J connectivity index is 0.00000363. The Labute approximate surface area is 208 Å². The SMILES string of the molecule is CN=C(NCc1ccccc1CN(C)Cc1ccco1)NC1CCN(C(=O)C(C)C)C1.I. The van der Waals surface area contributed by atoms with Crippen LogP contribution in [-0.4, -0.2) is 54.9 Å². The number of likely N-dealkylation sites (tertiary alicyclic amines) is 1. The molecule has 2 N–H and O–H groups in total. The number of halogens is 1. The number of benzene rings is 1. The fraction of sp³-hybridized carbons (Fsp3) is 0.500. The van der Waals surface area contributed by atoms with Gasteiger partial charge in [0.05, 0.1) is 12.8 Å². The molecule has 2 aromatic rings. The molecule has 1 saturated heterocycles. The first-order valence-electron chi connectivity index (χ1n) is 11.0. The molecule has 1 unspecified atom stereocenters. The molecule has 0 radical (unpaired) electrons. The van der Waals surface area contributed by atoms with Crippen LogP contribution in [0.25, 0.3) is 0 Å². The summed E-state index contributed by atoms with van der Waals surface area (Å²) in [6.07, 6.45) is 2.65. The highest BCUT2D eigenvalue weighted by molar-refractivity contribution is 14.0. The van der Waals surface area contributed by atoms with Crippen LogP contribution in [0.5, 0.6) is 0 Å². The van der Waals surface area contributed by atoms with Crippen LogP contribution >= 0.6 is 24.0 Å². The van der Waals surface area contributed by atoms with Crippen LogP contribution in [0.3, 0.4) is 0 Å². The lowest BCUT2D eigenvalue weighted by Crippen LogP contribution is -2.45. The van der Waals surface area contributed by atoms with E-state index in [0.29, 0.717) is 6.54 Å². The molecule has 32 heavy (non-hydrogen) atoms. The lowest BCUT2D eigenvalue weighted by molar-refractivity contribution is -0.133. The van der Waals surface area contributed by atoms with E-state index < -0.39 is 0 Å². The first-order valence-corrected chi connectivity index (χ1v) is 11.0. The Hall–Kier alpha value is -2.07. The minimum atomic E-state index is 0. The quantitative estimate of drug-likeness (QED) is 0.298. The monoisotopic (exact) mass is 553 g/mol. The van der Waals surface area contributed by atoms with Gasteiger partial charge >= 0.3 is 0 Å². The normalized spacial score (nSPS) is 16.4. The first kappa shape index (κ1) is 26.2. The van der Waals surface area contributed by atoms with Crippen molar-refractivity contribution < 1.29 is 9.21 Å². The van der Waals surface area contributed by atoms with E-state index in [-0.39, 0.29) is 41.8 Å². The summed E-state index contributed by atoms with van der Waals surface area (Å²) in [5.74, 6) is 1.99. The summed E-state index contributed by atoms with van der Waals surface area (Å²) in [5.41, 5.74) is 2.51. The molecule has 1 atom stereocenters. The van der Waals surface area contributed by atoms with Crippen LogP contribution in [0.4, 0.5) is 0 Å². The predicted octanol–water partition coefficient (Wildman–Crippen LogP) is 3.45. The molecule has 0 saturated carbocycles. The second-order valence-electron chi connectivity index (χ2n) is 8.52. The smallest absolute Gasteiger partial charge is 0.225 e. The van der Waals surface area contributed by atoms with Crippen molar-refractivity contribution in [3.63, 3.8) is 0 Å². The third-order valence-electron chi connectivity index (χ3n) is 5.57. The molecule has 3 rings (SSSR count). The Kier molecular flexibility index (Phi) is 10.5. The molecule has 0 spiro atoms. The van der Waals surface area contributed by atoms with Gasteiger partial charge in [-0.05, 0) is 36.7 Å². The molecule has 1 fully saturated rings. The molecule has 1 amide bonds. The van der Waals surface area contributed by atoms with Gasteiger partial charge in [-0.3, -0.25) is 14.7 Å². The van der Waals surface area contributed by atoms with Crippen molar-refractivity contribution in [1.29, 1.82) is 0 Å². The fourth-order valence-electron chi connectivity index (χ4n) is 3.91. The van der Waals surface area contributed by atoms with Gasteiger partial charge in [-0.15, -0.1) is 24.0 Å². The summed E-state index contributed by atoms with van der Waals surface area (Å²) in [7, 11) is 3.88. The summed E-state index contributed by atoms with van der Waals surface area (Å²) in [6, 6.07) is 12.6. The number of carbonyl (C=O) groups excluding carboxylic acids is 1. The van der Waals surface area contributed by atoms with E-state index in [1.165, 1.54) is 11.1 Å². The van der Waals surface area contributed by atoms with E-state index in [4.69, 9.17) is 4.42 Å². The summed E-state index contributed by atoms with van der Waals surface area (Å²) in [5, 5.41) is 6.91. The van der Waals surface area contributed by atoms with Crippen molar-refractivity contribution in [1.82, 2.24) is 20.4 Å². The highest BCUT2D eigenvalue weighted by atomic mass is 127. The second kappa shape index (κ2) is 12.8. The van der Waals surface area contributed by atoms with Gasteiger partial charge in [0, 0.05) is 45.2 Å². The summed E-state index contributed by atoms with van der Waals surface area (Å²) < 4.78 is 5.46. The van der Waals surface area contributed by atoms with Crippen molar-refractivity contribution in [2.45, 2.75) is 45.9 Å². The molecule has 1 aromatic carbocycles. The van der Waals surface area contributed by atoms with Gasteiger partial charge in [-0.25, -0.2) is 0 Å². The highest BCUT2D eigenvalue weighted by Gasteiger charge is 2.27. The minimum Gasteiger partial charge on any atom is -0.468 e. The van der Waals surface area contributed by atoms with Gasteiger partial charge in [-0.1, -0.05) is 38.1 Å². The van der Waals surface area contributed by atoms with E-state index >= 15 is 0 Å². The average Bonchev–Trinajstić information content (AvgIpc) is 3.43. The Morgan fingerprint density at radius 1 is 1.22 bits per heavy atom. The molecular formula is C24H36IN5O2. The molecular weight excluding hydrogens is 517 g/mol. The lowest BCUT2D eigenvalue weighted by atomic mass is 10.1. The Morgan fingerprint density at radius 2 is 1.97 bits per heavy atom. The van der Waals surface area contributed by atoms with E-state index in [1.54, 1.807) is 13.3 Å². The van der Waals surface area contributed by atoms with Crippen molar-refractivity contribution in [3.05, 3.63) is 59.5 Å². The number of carbonyl (C=O) groups is 1. The van der Waals surface area contributed by atoms with Crippen molar-refractivity contribution in [2.24, 2.45) is 10.9 Å². The Morgan fingerprint density at radius 3 is 2.62 bits per heavy atom. The number of rotatable bonds is 8. The van der Waals surface area contributed by atoms with E-state index in [2.05, 4.69) is 51.8 Å². The van der Waals surface area contributed by atoms with Gasteiger partial charge in [-0.2, -0.15) is 0 Å². The third kappa shape index (κ3) is 7.51. The largest absolute Gasteiger partial charge is 0.468 e. The minimum absolute atomic E-state index is 0. The highest BCUT2D eigenvalue weighted by Crippen LogP contribution is 2.15. The number of amides is 1. The fourth-order valence-corrected chi connectivity index (χ4v) is 3.91. The van der Waals surface area contributed by atoms with E-state index in [1.807, 2.05) is 30.9 Å². The number of hydrogen-bond acceptors (Lipinski definition) is 4. The number of hydrogen-bond donors (Lipinski definition) is 2. The van der Waals surface area contributed by atoms with E-state index in [9.17, 15) is 4.79 Å². The molecule has 176 valence electrons. The molecule has 0 bridgehead atoms. The van der Waals surface area contributed by atoms with Crippen molar-refractivity contribution in [3.8, 4) is 0 Å². The van der Waals surface area contributed by atoms with Crippen LogP contribution in [0.1, 0.15) is 37.2 Å². The lowest BCUT2D eigenvalue weighted by Gasteiger charge is -2.21. The van der Waals surface area contributed by atoms with Crippen molar-refractivity contribution in [2.75, 3.05) is 27.2 Å². The molecule has 1 aromatic heterocycles. The first-order chi connectivity index (χ1) is 15.0. The average molecular weight is 553 g/mol. The standard InChI is InChI=1S/C24H35N5O2.HI/c1-18(2)23(30)29-12-11-21(16-29)27-24(25-3)26-14-19-8-5-6-9-20(19)15-28(4)17-22-10-7-13-31-22;/h5-10,13,18,21H,11-12,14-17H2,1-4H3,(H2,25,26,27);1H. The molecule has 2 heterocycles. The summed E-state index contributed by atoms with van der Waals surface area (Å²) in [4.78, 5) is 20.8. The number of furan rings is 1. The van der Waals surface area contributed by atoms with Crippen LogP contribution in [-0.2, 0) is 24.4 Å². The van der Waals surface area contributed by atoms with Gasteiger partial charge in [0.1, 0.15) is 5.76 Å². The Bertz CT molecular complexity index is 869. The molecule has 0 aliphatic carbocycles. The maximum absolute atomic E-state index is 12.2.